The highest BCUT2D eigenvalue weighted by Gasteiger charge is 2.49. The number of aromatic nitrogens is 4. The molecule has 110 valence electrons. The van der Waals surface area contributed by atoms with Gasteiger partial charge in [0.25, 0.3) is 0 Å². The van der Waals surface area contributed by atoms with E-state index in [0.29, 0.717) is 18.5 Å². The van der Waals surface area contributed by atoms with E-state index in [-0.39, 0.29) is 18.2 Å². The summed E-state index contributed by atoms with van der Waals surface area (Å²) in [5.41, 5.74) is 0. The highest BCUT2D eigenvalue weighted by molar-refractivity contribution is 7.99. The molecule has 1 N–H and O–H groups in total. The van der Waals surface area contributed by atoms with Gasteiger partial charge in [0.1, 0.15) is 24.4 Å². The Morgan fingerprint density at radius 3 is 2.80 bits per heavy atom. The molecule has 3 fully saturated rings. The van der Waals surface area contributed by atoms with E-state index in [4.69, 9.17) is 9.47 Å². The highest BCUT2D eigenvalue weighted by Crippen LogP contribution is 2.38. The third-order valence-electron chi connectivity index (χ3n) is 4.35. The Morgan fingerprint density at radius 2 is 1.95 bits per heavy atom. The number of aliphatic hydroxyl groups excluding tert-OH is 1. The number of nitrogens with zero attached hydrogens (tertiary/aromatic N) is 4. The minimum absolute atomic E-state index is 0.0314. The molecule has 1 aliphatic carbocycles. The SMILES string of the molecule is O[C@@H]1CO[C@H]2[C@H]1OC[C@H]2n1nnnc1SC1CCCC1. The minimum atomic E-state index is -0.535. The summed E-state index contributed by atoms with van der Waals surface area (Å²) in [7, 11) is 0. The number of hydrogen-bond donors (Lipinski definition) is 1. The minimum Gasteiger partial charge on any atom is -0.388 e. The van der Waals surface area contributed by atoms with E-state index in [0.717, 1.165) is 5.16 Å². The molecule has 0 aromatic carbocycles. The monoisotopic (exact) mass is 298 g/mol. The van der Waals surface area contributed by atoms with Crippen LogP contribution in [0.25, 0.3) is 0 Å². The van der Waals surface area contributed by atoms with Crippen LogP contribution in [-0.2, 0) is 9.47 Å². The molecule has 8 heteroatoms. The van der Waals surface area contributed by atoms with Crippen molar-refractivity contribution < 1.29 is 14.6 Å². The summed E-state index contributed by atoms with van der Waals surface area (Å²) in [5.74, 6) is 0. The lowest BCUT2D eigenvalue weighted by atomic mass is 10.1. The summed E-state index contributed by atoms with van der Waals surface area (Å²) >= 11 is 1.76. The van der Waals surface area contributed by atoms with Crippen LogP contribution in [0.3, 0.4) is 0 Å². The fraction of sp³-hybridized carbons (Fsp3) is 0.917. The van der Waals surface area contributed by atoms with Crippen molar-refractivity contribution in [2.45, 2.75) is 60.4 Å². The molecule has 1 saturated carbocycles. The van der Waals surface area contributed by atoms with Gasteiger partial charge in [-0.1, -0.05) is 24.6 Å². The van der Waals surface area contributed by atoms with Crippen molar-refractivity contribution >= 4 is 11.8 Å². The molecule has 4 atom stereocenters. The fourth-order valence-corrected chi connectivity index (χ4v) is 4.53. The first-order valence-electron chi connectivity index (χ1n) is 7.19. The van der Waals surface area contributed by atoms with Crippen molar-refractivity contribution in [3.63, 3.8) is 0 Å². The lowest BCUT2D eigenvalue weighted by molar-refractivity contribution is 0.0167. The lowest BCUT2D eigenvalue weighted by Gasteiger charge is -2.17. The molecule has 0 unspecified atom stereocenters. The molecule has 3 aliphatic rings. The van der Waals surface area contributed by atoms with Crippen LogP contribution in [0.4, 0.5) is 0 Å². The Balaban J connectivity index is 1.52. The van der Waals surface area contributed by atoms with E-state index in [1.54, 1.807) is 11.8 Å². The number of fused-ring (bicyclic) bond motifs is 1. The smallest absolute Gasteiger partial charge is 0.210 e. The fourth-order valence-electron chi connectivity index (χ4n) is 3.30. The molecule has 2 aliphatic heterocycles. The Morgan fingerprint density at radius 1 is 1.15 bits per heavy atom. The average molecular weight is 298 g/mol. The molecule has 0 spiro atoms. The number of thioether (sulfide) groups is 1. The number of hydrogen-bond acceptors (Lipinski definition) is 7. The van der Waals surface area contributed by atoms with Gasteiger partial charge in [0.15, 0.2) is 0 Å². The molecule has 1 aromatic heterocycles. The van der Waals surface area contributed by atoms with Crippen LogP contribution < -0.4 is 0 Å². The van der Waals surface area contributed by atoms with Gasteiger partial charge in [-0.05, 0) is 23.3 Å². The van der Waals surface area contributed by atoms with Crippen molar-refractivity contribution in [1.82, 2.24) is 20.2 Å². The molecule has 2 saturated heterocycles. The summed E-state index contributed by atoms with van der Waals surface area (Å²) < 4.78 is 13.1. The van der Waals surface area contributed by atoms with Crippen LogP contribution >= 0.6 is 11.8 Å². The van der Waals surface area contributed by atoms with Crippen LogP contribution in [0.1, 0.15) is 31.7 Å². The summed E-state index contributed by atoms with van der Waals surface area (Å²) in [5, 5.41) is 23.3. The zero-order valence-electron chi connectivity index (χ0n) is 11.1. The van der Waals surface area contributed by atoms with Crippen LogP contribution in [0.5, 0.6) is 0 Å². The van der Waals surface area contributed by atoms with Gasteiger partial charge in [0, 0.05) is 5.25 Å². The van der Waals surface area contributed by atoms with E-state index in [2.05, 4.69) is 15.5 Å². The van der Waals surface area contributed by atoms with E-state index in [1.807, 2.05) is 4.68 Å². The molecule has 20 heavy (non-hydrogen) atoms. The predicted octanol–water partition coefficient (Wildman–Crippen LogP) is 0.407. The molecular formula is C12H18N4O3S. The first-order chi connectivity index (χ1) is 9.83. The highest BCUT2D eigenvalue weighted by atomic mass is 32.2. The van der Waals surface area contributed by atoms with Gasteiger partial charge in [-0.15, -0.1) is 5.10 Å². The maximum Gasteiger partial charge on any atom is 0.210 e. The molecule has 1 aromatic rings. The van der Waals surface area contributed by atoms with Crippen molar-refractivity contribution in [3.05, 3.63) is 0 Å². The third-order valence-corrected chi connectivity index (χ3v) is 5.64. The van der Waals surface area contributed by atoms with Gasteiger partial charge in [-0.2, -0.15) is 0 Å². The van der Waals surface area contributed by atoms with Crippen molar-refractivity contribution in [1.29, 1.82) is 0 Å². The summed E-state index contributed by atoms with van der Waals surface area (Å²) in [6, 6.07) is -0.0314. The molecule has 0 radical (unpaired) electrons. The summed E-state index contributed by atoms with van der Waals surface area (Å²) in [6.45, 7) is 0.828. The van der Waals surface area contributed by atoms with Gasteiger partial charge in [-0.25, -0.2) is 4.68 Å². The molecule has 4 rings (SSSR count). The van der Waals surface area contributed by atoms with Crippen LogP contribution in [-0.4, -0.2) is 62.1 Å². The molecule has 3 heterocycles. The van der Waals surface area contributed by atoms with Crippen molar-refractivity contribution in [2.24, 2.45) is 0 Å². The predicted molar refractivity (Wildman–Crippen MR) is 70.5 cm³/mol. The maximum absolute atomic E-state index is 9.80. The molecule has 7 nitrogen and oxygen atoms in total. The second-order valence-electron chi connectivity index (χ2n) is 5.66. The second-order valence-corrected chi connectivity index (χ2v) is 6.93. The van der Waals surface area contributed by atoms with Crippen LogP contribution in [0.15, 0.2) is 5.16 Å². The largest absolute Gasteiger partial charge is 0.388 e. The number of ether oxygens (including phenoxy) is 2. The third kappa shape index (κ3) is 2.14. The van der Waals surface area contributed by atoms with Gasteiger partial charge >= 0.3 is 0 Å². The zero-order chi connectivity index (χ0) is 13.5. The van der Waals surface area contributed by atoms with Crippen molar-refractivity contribution in [3.8, 4) is 0 Å². The summed E-state index contributed by atoms with van der Waals surface area (Å²) in [4.78, 5) is 0. The van der Waals surface area contributed by atoms with E-state index in [9.17, 15) is 5.11 Å². The lowest BCUT2D eigenvalue weighted by Crippen LogP contribution is -2.30. The summed E-state index contributed by atoms with van der Waals surface area (Å²) in [6.07, 6.45) is 4.15. The van der Waals surface area contributed by atoms with Gasteiger partial charge in [0.05, 0.1) is 13.2 Å². The number of rotatable bonds is 3. The Kier molecular flexibility index (Phi) is 3.41. The van der Waals surface area contributed by atoms with Crippen molar-refractivity contribution in [2.75, 3.05) is 13.2 Å². The number of aliphatic hydroxyl groups is 1. The van der Waals surface area contributed by atoms with Crippen LogP contribution in [0, 0.1) is 0 Å². The first kappa shape index (κ1) is 13.0. The second kappa shape index (κ2) is 5.25. The van der Waals surface area contributed by atoms with E-state index < -0.39 is 6.10 Å². The van der Waals surface area contributed by atoms with Crippen LogP contribution in [0.2, 0.25) is 0 Å². The molecular weight excluding hydrogens is 280 g/mol. The zero-order valence-corrected chi connectivity index (χ0v) is 11.9. The maximum atomic E-state index is 9.80. The first-order valence-corrected chi connectivity index (χ1v) is 8.06. The Hall–Kier alpha value is -0.700. The standard InChI is InChI=1S/C12H18N4O3S/c17-9-6-19-10-8(5-18-11(9)10)16-12(13-14-15-16)20-7-3-1-2-4-7/h7-11,17H,1-6H2/t8-,9-,10-,11+/m1/s1. The van der Waals surface area contributed by atoms with E-state index in [1.165, 1.54) is 25.7 Å². The van der Waals surface area contributed by atoms with Gasteiger partial charge in [-0.3, -0.25) is 0 Å². The van der Waals surface area contributed by atoms with Gasteiger partial charge < -0.3 is 14.6 Å². The molecule has 0 bridgehead atoms. The average Bonchev–Trinajstić information content (AvgIpc) is 3.18. The quantitative estimate of drug-likeness (QED) is 0.865. The Labute approximate surface area is 121 Å². The number of tetrazole rings is 1. The van der Waals surface area contributed by atoms with E-state index >= 15 is 0 Å². The normalized spacial score (nSPS) is 37.6. The van der Waals surface area contributed by atoms with Gasteiger partial charge in [0.2, 0.25) is 5.16 Å². The molecule has 0 amide bonds. The Bertz CT molecular complexity index is 479. The topological polar surface area (TPSA) is 82.3 Å².